The molecule has 5 aromatic rings. The Morgan fingerprint density at radius 2 is 1.90 bits per heavy atom. The van der Waals surface area contributed by atoms with E-state index in [0.717, 1.165) is 17.3 Å². The Hall–Kier alpha value is -4.48. The molecule has 39 heavy (non-hydrogen) atoms. The van der Waals surface area contributed by atoms with E-state index in [1.165, 1.54) is 12.3 Å². The Kier molecular flexibility index (Phi) is 5.16. The van der Waals surface area contributed by atoms with Crippen molar-refractivity contribution in [2.24, 2.45) is 0 Å². The first-order chi connectivity index (χ1) is 18.8. The molecule has 0 atom stereocenters. The zero-order valence-corrected chi connectivity index (χ0v) is 20.7. The Bertz CT molecular complexity index is 1770. The molecule has 2 aliphatic rings. The third-order valence-electron chi connectivity index (χ3n) is 7.34. The number of aromatic nitrogens is 6. The normalized spacial score (nSPS) is 13.9. The van der Waals surface area contributed by atoms with E-state index in [1.54, 1.807) is 29.2 Å². The van der Waals surface area contributed by atoms with Crippen molar-refractivity contribution in [2.45, 2.75) is 39.0 Å². The fourth-order valence-electron chi connectivity index (χ4n) is 5.44. The van der Waals surface area contributed by atoms with Gasteiger partial charge in [0.15, 0.2) is 5.82 Å². The number of fused-ring (bicyclic) bond motifs is 5. The number of imidazole rings is 2. The number of ether oxygens (including phenoxy) is 1. The molecule has 4 aromatic heterocycles. The molecule has 0 amide bonds. The number of hydrogen-bond donors (Lipinski definition) is 1. The smallest absolute Gasteiger partial charge is 0.433 e. The lowest BCUT2D eigenvalue weighted by molar-refractivity contribution is -0.141. The van der Waals surface area contributed by atoms with Crippen LogP contribution in [0.15, 0.2) is 43.1 Å². The summed E-state index contributed by atoms with van der Waals surface area (Å²) in [7, 11) is 0. The second kappa shape index (κ2) is 8.52. The van der Waals surface area contributed by atoms with Gasteiger partial charge in [0.1, 0.15) is 29.3 Å². The molecule has 198 valence electrons. The van der Waals surface area contributed by atoms with Crippen molar-refractivity contribution in [3.05, 3.63) is 77.0 Å². The van der Waals surface area contributed by atoms with Gasteiger partial charge in [0, 0.05) is 59.5 Å². The Balaban J connectivity index is 1.39. The summed E-state index contributed by atoms with van der Waals surface area (Å²) in [5, 5.41) is 3.22. The molecule has 0 spiro atoms. The minimum Gasteiger partial charge on any atom is -0.493 e. The van der Waals surface area contributed by atoms with Gasteiger partial charge in [0.05, 0.1) is 18.7 Å². The molecule has 2 aliphatic heterocycles. The molecule has 12 heteroatoms. The van der Waals surface area contributed by atoms with E-state index >= 15 is 0 Å². The molecule has 0 saturated heterocycles. The summed E-state index contributed by atoms with van der Waals surface area (Å²) in [6, 6.07) is 4.11. The van der Waals surface area contributed by atoms with Crippen LogP contribution >= 0.6 is 0 Å². The maximum atomic E-state index is 14.7. The molecular formula is C27H21F4N7O. The first kappa shape index (κ1) is 23.6. The van der Waals surface area contributed by atoms with Gasteiger partial charge in [-0.2, -0.15) is 13.2 Å². The van der Waals surface area contributed by atoms with Gasteiger partial charge in [-0.05, 0) is 30.2 Å². The predicted molar refractivity (Wildman–Crippen MR) is 134 cm³/mol. The van der Waals surface area contributed by atoms with Crippen LogP contribution in [0.3, 0.4) is 0 Å². The van der Waals surface area contributed by atoms with Gasteiger partial charge in [0.25, 0.3) is 0 Å². The summed E-state index contributed by atoms with van der Waals surface area (Å²) in [5.74, 6) is 1.29. The van der Waals surface area contributed by atoms with Gasteiger partial charge in [0.2, 0.25) is 5.95 Å². The van der Waals surface area contributed by atoms with Crippen LogP contribution < -0.4 is 10.1 Å². The summed E-state index contributed by atoms with van der Waals surface area (Å²) >= 11 is 0. The highest BCUT2D eigenvalue weighted by molar-refractivity contribution is 5.92. The molecular weight excluding hydrogens is 514 g/mol. The number of halogens is 4. The Morgan fingerprint density at radius 3 is 2.72 bits per heavy atom. The highest BCUT2D eigenvalue weighted by Gasteiger charge is 2.34. The number of anilines is 1. The fraction of sp³-hybridized carbons (Fsp3) is 0.259. The van der Waals surface area contributed by atoms with Crippen molar-refractivity contribution in [2.75, 3.05) is 11.9 Å². The highest BCUT2D eigenvalue weighted by Crippen LogP contribution is 2.39. The van der Waals surface area contributed by atoms with E-state index in [-0.39, 0.29) is 18.9 Å². The average molecular weight is 536 g/mol. The van der Waals surface area contributed by atoms with Gasteiger partial charge in [-0.3, -0.25) is 9.38 Å². The van der Waals surface area contributed by atoms with Gasteiger partial charge in [-0.25, -0.2) is 19.3 Å². The highest BCUT2D eigenvalue weighted by atomic mass is 19.4. The maximum Gasteiger partial charge on any atom is 0.433 e. The summed E-state index contributed by atoms with van der Waals surface area (Å²) < 4.78 is 64.7. The van der Waals surface area contributed by atoms with Crippen LogP contribution in [0.4, 0.5) is 23.5 Å². The molecule has 0 fully saturated rings. The lowest BCUT2D eigenvalue weighted by atomic mass is 9.99. The molecule has 7 rings (SSSR count). The standard InChI is InChI=1S/C27H21F4N7O/c1-2-15-8-33-25-23-24-19(17-9-32-22(27(29,30)31)7-14(17)12-37(15)25)11-35-26(38(24)13-36-23)34-10-18-16-5-6-39-21(16)4-3-20(18)28/h3-4,7-9,11,13H,2,5-6,10,12H2,1H3,(H,34,35). The molecule has 0 saturated carbocycles. The van der Waals surface area contributed by atoms with Crippen LogP contribution in [-0.2, 0) is 32.1 Å². The van der Waals surface area contributed by atoms with Crippen molar-refractivity contribution < 1.29 is 22.3 Å². The summed E-state index contributed by atoms with van der Waals surface area (Å²) in [6.07, 6.45) is 2.82. The number of aryl methyl sites for hydroxylation is 1. The average Bonchev–Trinajstić information content (AvgIpc) is 3.65. The number of benzene rings is 1. The number of alkyl halides is 3. The first-order valence-electron chi connectivity index (χ1n) is 12.5. The summed E-state index contributed by atoms with van der Waals surface area (Å²) in [6.45, 7) is 2.81. The summed E-state index contributed by atoms with van der Waals surface area (Å²) in [4.78, 5) is 17.5. The largest absolute Gasteiger partial charge is 0.493 e. The van der Waals surface area contributed by atoms with E-state index < -0.39 is 11.9 Å². The van der Waals surface area contributed by atoms with E-state index in [9.17, 15) is 17.6 Å². The van der Waals surface area contributed by atoms with E-state index in [1.807, 2.05) is 11.5 Å². The minimum absolute atomic E-state index is 0.162. The quantitative estimate of drug-likeness (QED) is 0.309. The van der Waals surface area contributed by atoms with Crippen molar-refractivity contribution in [3.63, 3.8) is 0 Å². The monoisotopic (exact) mass is 535 g/mol. The number of rotatable bonds is 4. The van der Waals surface area contributed by atoms with E-state index in [4.69, 9.17) is 4.74 Å². The van der Waals surface area contributed by atoms with Crippen molar-refractivity contribution in [3.8, 4) is 28.4 Å². The Labute approximate surface area is 219 Å². The van der Waals surface area contributed by atoms with Crippen LogP contribution in [0.25, 0.3) is 28.2 Å². The van der Waals surface area contributed by atoms with Gasteiger partial charge in [-0.1, -0.05) is 6.92 Å². The number of pyridine rings is 1. The molecule has 1 aromatic carbocycles. The van der Waals surface area contributed by atoms with Gasteiger partial charge < -0.3 is 14.6 Å². The van der Waals surface area contributed by atoms with Crippen LogP contribution in [0.5, 0.6) is 5.75 Å². The van der Waals surface area contributed by atoms with Crippen molar-refractivity contribution >= 4 is 11.5 Å². The lowest BCUT2D eigenvalue weighted by Crippen LogP contribution is -2.14. The second-order valence-corrected chi connectivity index (χ2v) is 9.50. The molecule has 0 aliphatic carbocycles. The minimum atomic E-state index is -4.58. The SMILES string of the molecule is CCc1cnc2n1Cc1cc(C(F)(F)F)ncc1-c1cnc(NCc3c(F)ccc4c3CCO4)n3cnc-2c13. The number of nitrogens with one attached hydrogen (secondary N) is 1. The lowest BCUT2D eigenvalue weighted by Gasteiger charge is -2.20. The van der Waals surface area contributed by atoms with Gasteiger partial charge >= 0.3 is 6.18 Å². The fourth-order valence-corrected chi connectivity index (χ4v) is 5.44. The van der Waals surface area contributed by atoms with Crippen LogP contribution in [0.1, 0.15) is 35.0 Å². The second-order valence-electron chi connectivity index (χ2n) is 9.50. The van der Waals surface area contributed by atoms with E-state index in [0.29, 0.717) is 70.4 Å². The molecule has 0 bridgehead atoms. The summed E-state index contributed by atoms with van der Waals surface area (Å²) in [5.41, 5.74) is 3.98. The first-order valence-corrected chi connectivity index (χ1v) is 12.5. The molecule has 8 nitrogen and oxygen atoms in total. The van der Waals surface area contributed by atoms with Crippen LogP contribution in [0.2, 0.25) is 0 Å². The maximum absolute atomic E-state index is 14.7. The van der Waals surface area contributed by atoms with Crippen molar-refractivity contribution in [1.29, 1.82) is 0 Å². The Morgan fingerprint density at radius 1 is 1.05 bits per heavy atom. The zero-order chi connectivity index (χ0) is 26.9. The molecule has 0 radical (unpaired) electrons. The van der Waals surface area contributed by atoms with Crippen molar-refractivity contribution in [1.82, 2.24) is 28.9 Å². The third-order valence-corrected chi connectivity index (χ3v) is 7.34. The zero-order valence-electron chi connectivity index (χ0n) is 20.7. The molecule has 6 heterocycles. The number of nitrogens with zero attached hydrogens (tertiary/aromatic N) is 6. The molecule has 1 N–H and O–H groups in total. The molecule has 0 unspecified atom stereocenters. The topological polar surface area (TPSA) is 82.2 Å². The third kappa shape index (κ3) is 3.65. The van der Waals surface area contributed by atoms with Crippen LogP contribution in [-0.4, -0.2) is 35.5 Å². The predicted octanol–water partition coefficient (Wildman–Crippen LogP) is 5.28. The number of hydrogen-bond acceptors (Lipinski definition) is 6. The van der Waals surface area contributed by atoms with E-state index in [2.05, 4.69) is 25.3 Å². The van der Waals surface area contributed by atoms with Crippen LogP contribution in [0, 0.1) is 5.82 Å². The van der Waals surface area contributed by atoms with Gasteiger partial charge in [-0.15, -0.1) is 0 Å².